The van der Waals surface area contributed by atoms with Gasteiger partial charge in [0.15, 0.2) is 5.76 Å². The maximum absolute atomic E-state index is 12.8. The molecule has 2 heterocycles. The van der Waals surface area contributed by atoms with Gasteiger partial charge in [-0.1, -0.05) is 36.4 Å². The molecule has 0 N–H and O–H groups in total. The van der Waals surface area contributed by atoms with Crippen LogP contribution in [0.25, 0.3) is 11.0 Å². The molecular formula is C18H15NO2. The molecular weight excluding hydrogens is 262 g/mol. The van der Waals surface area contributed by atoms with Crippen molar-refractivity contribution in [2.24, 2.45) is 0 Å². The van der Waals surface area contributed by atoms with Crippen LogP contribution in [-0.4, -0.2) is 11.9 Å². The first-order chi connectivity index (χ1) is 10.2. The van der Waals surface area contributed by atoms with Crippen LogP contribution in [0.5, 0.6) is 0 Å². The summed E-state index contributed by atoms with van der Waals surface area (Å²) >= 11 is 0. The lowest BCUT2D eigenvalue weighted by Gasteiger charge is -2.21. The van der Waals surface area contributed by atoms with E-state index in [2.05, 4.69) is 13.0 Å². The molecule has 0 saturated carbocycles. The van der Waals surface area contributed by atoms with Crippen LogP contribution in [0, 0.1) is 0 Å². The van der Waals surface area contributed by atoms with Crippen LogP contribution in [-0.2, 0) is 6.42 Å². The summed E-state index contributed by atoms with van der Waals surface area (Å²) in [5, 5.41) is 0.959. The number of rotatable bonds is 1. The Morgan fingerprint density at radius 2 is 1.90 bits per heavy atom. The van der Waals surface area contributed by atoms with E-state index in [1.165, 1.54) is 5.56 Å². The Morgan fingerprint density at radius 1 is 1.14 bits per heavy atom. The first-order valence-corrected chi connectivity index (χ1v) is 7.14. The summed E-state index contributed by atoms with van der Waals surface area (Å²) in [5.41, 5.74) is 2.96. The predicted molar refractivity (Wildman–Crippen MR) is 82.6 cm³/mol. The Kier molecular flexibility index (Phi) is 2.61. The van der Waals surface area contributed by atoms with Crippen LogP contribution in [0.3, 0.4) is 0 Å². The zero-order chi connectivity index (χ0) is 14.4. The van der Waals surface area contributed by atoms with E-state index in [0.29, 0.717) is 5.76 Å². The minimum atomic E-state index is -0.0661. The summed E-state index contributed by atoms with van der Waals surface area (Å²) in [6.07, 6.45) is 0.891. The number of hydrogen-bond acceptors (Lipinski definition) is 2. The molecule has 1 atom stereocenters. The third-order valence-electron chi connectivity index (χ3n) is 4.06. The number of nitrogens with zero attached hydrogens (tertiary/aromatic N) is 1. The number of benzene rings is 2. The average Bonchev–Trinajstić information content (AvgIpc) is 3.06. The zero-order valence-electron chi connectivity index (χ0n) is 11.7. The van der Waals surface area contributed by atoms with Crippen molar-refractivity contribution in [3.05, 3.63) is 65.9 Å². The number of anilines is 1. The van der Waals surface area contributed by atoms with Gasteiger partial charge in [-0.3, -0.25) is 4.79 Å². The maximum Gasteiger partial charge on any atom is 0.294 e. The zero-order valence-corrected chi connectivity index (χ0v) is 11.7. The Morgan fingerprint density at radius 3 is 2.76 bits per heavy atom. The van der Waals surface area contributed by atoms with E-state index in [4.69, 9.17) is 4.42 Å². The van der Waals surface area contributed by atoms with Crippen LogP contribution in [0.4, 0.5) is 5.69 Å². The molecule has 104 valence electrons. The van der Waals surface area contributed by atoms with Crippen LogP contribution in [0.1, 0.15) is 23.0 Å². The van der Waals surface area contributed by atoms with Gasteiger partial charge in [0.25, 0.3) is 5.91 Å². The van der Waals surface area contributed by atoms with Gasteiger partial charge in [-0.15, -0.1) is 0 Å². The van der Waals surface area contributed by atoms with E-state index in [1.807, 2.05) is 53.4 Å². The number of para-hydroxylation sites is 2. The molecule has 3 aromatic rings. The van der Waals surface area contributed by atoms with Crippen LogP contribution in [0.15, 0.2) is 59.0 Å². The smallest absolute Gasteiger partial charge is 0.294 e. The second-order valence-corrected chi connectivity index (χ2v) is 5.51. The second kappa shape index (κ2) is 4.48. The van der Waals surface area contributed by atoms with Gasteiger partial charge < -0.3 is 9.32 Å². The molecule has 0 fully saturated rings. The summed E-state index contributed by atoms with van der Waals surface area (Å²) in [4.78, 5) is 14.7. The van der Waals surface area contributed by atoms with E-state index in [-0.39, 0.29) is 11.9 Å². The number of carbonyl (C=O) groups is 1. The van der Waals surface area contributed by atoms with E-state index < -0.39 is 0 Å². The van der Waals surface area contributed by atoms with Crippen molar-refractivity contribution in [3.63, 3.8) is 0 Å². The predicted octanol–water partition coefficient (Wildman–Crippen LogP) is 4.02. The SMILES string of the molecule is C[C@H]1Cc2ccccc2N1C(=O)c1cc2ccccc2o1. The Labute approximate surface area is 122 Å². The number of fused-ring (bicyclic) bond motifs is 2. The average molecular weight is 277 g/mol. The molecule has 0 aliphatic carbocycles. The normalized spacial score (nSPS) is 17.2. The van der Waals surface area contributed by atoms with Crippen molar-refractivity contribution >= 4 is 22.6 Å². The van der Waals surface area contributed by atoms with E-state index in [0.717, 1.165) is 23.1 Å². The summed E-state index contributed by atoms with van der Waals surface area (Å²) in [5.74, 6) is 0.336. The molecule has 1 amide bonds. The summed E-state index contributed by atoms with van der Waals surface area (Å²) in [7, 11) is 0. The lowest BCUT2D eigenvalue weighted by molar-refractivity contribution is 0.0957. The Balaban J connectivity index is 1.77. The fourth-order valence-electron chi connectivity index (χ4n) is 3.08. The Hall–Kier alpha value is -2.55. The highest BCUT2D eigenvalue weighted by atomic mass is 16.3. The largest absolute Gasteiger partial charge is 0.451 e. The van der Waals surface area contributed by atoms with Crippen molar-refractivity contribution in [3.8, 4) is 0 Å². The third kappa shape index (κ3) is 1.85. The maximum atomic E-state index is 12.8. The fourth-order valence-corrected chi connectivity index (χ4v) is 3.08. The van der Waals surface area contributed by atoms with E-state index in [1.54, 1.807) is 0 Å². The van der Waals surface area contributed by atoms with Crippen molar-refractivity contribution in [2.45, 2.75) is 19.4 Å². The van der Waals surface area contributed by atoms with E-state index >= 15 is 0 Å². The molecule has 4 rings (SSSR count). The first kappa shape index (κ1) is 12.2. The van der Waals surface area contributed by atoms with Gasteiger partial charge in [-0.2, -0.15) is 0 Å². The van der Waals surface area contributed by atoms with Crippen LogP contribution < -0.4 is 4.90 Å². The fraction of sp³-hybridized carbons (Fsp3) is 0.167. The van der Waals surface area contributed by atoms with Gasteiger partial charge in [-0.05, 0) is 37.1 Å². The van der Waals surface area contributed by atoms with Gasteiger partial charge in [0.05, 0.1) is 0 Å². The number of carbonyl (C=O) groups excluding carboxylic acids is 1. The van der Waals surface area contributed by atoms with Gasteiger partial charge in [0.1, 0.15) is 5.58 Å². The van der Waals surface area contributed by atoms with Crippen molar-refractivity contribution < 1.29 is 9.21 Å². The minimum absolute atomic E-state index is 0.0661. The molecule has 21 heavy (non-hydrogen) atoms. The van der Waals surface area contributed by atoms with Gasteiger partial charge in [-0.25, -0.2) is 0 Å². The molecule has 3 nitrogen and oxygen atoms in total. The van der Waals surface area contributed by atoms with Crippen molar-refractivity contribution in [1.82, 2.24) is 0 Å². The molecule has 0 radical (unpaired) electrons. The van der Waals surface area contributed by atoms with Crippen LogP contribution in [0.2, 0.25) is 0 Å². The lowest BCUT2D eigenvalue weighted by atomic mass is 10.1. The lowest BCUT2D eigenvalue weighted by Crippen LogP contribution is -2.35. The molecule has 1 aliphatic rings. The topological polar surface area (TPSA) is 33.5 Å². The number of amides is 1. The summed E-state index contributed by atoms with van der Waals surface area (Å²) in [6, 6.07) is 17.7. The molecule has 0 saturated heterocycles. The quantitative estimate of drug-likeness (QED) is 0.673. The van der Waals surface area contributed by atoms with Gasteiger partial charge in [0, 0.05) is 17.1 Å². The van der Waals surface area contributed by atoms with Crippen molar-refractivity contribution in [1.29, 1.82) is 0 Å². The monoisotopic (exact) mass is 277 g/mol. The van der Waals surface area contributed by atoms with Gasteiger partial charge >= 0.3 is 0 Å². The highest BCUT2D eigenvalue weighted by molar-refractivity contribution is 6.07. The highest BCUT2D eigenvalue weighted by Crippen LogP contribution is 2.33. The molecule has 2 aromatic carbocycles. The molecule has 1 aromatic heterocycles. The minimum Gasteiger partial charge on any atom is -0.451 e. The molecule has 0 unspecified atom stereocenters. The number of hydrogen-bond donors (Lipinski definition) is 0. The third-order valence-corrected chi connectivity index (χ3v) is 4.06. The number of furan rings is 1. The Bertz CT molecular complexity index is 801. The molecule has 0 bridgehead atoms. The van der Waals surface area contributed by atoms with Gasteiger partial charge in [0.2, 0.25) is 0 Å². The van der Waals surface area contributed by atoms with E-state index in [9.17, 15) is 4.79 Å². The first-order valence-electron chi connectivity index (χ1n) is 7.14. The van der Waals surface area contributed by atoms with Crippen molar-refractivity contribution in [2.75, 3.05) is 4.90 Å². The van der Waals surface area contributed by atoms with Crippen LogP contribution >= 0.6 is 0 Å². The summed E-state index contributed by atoms with van der Waals surface area (Å²) < 4.78 is 5.71. The summed E-state index contributed by atoms with van der Waals surface area (Å²) in [6.45, 7) is 2.07. The molecule has 1 aliphatic heterocycles. The molecule has 0 spiro atoms. The standard InChI is InChI=1S/C18H15NO2/c1-12-10-13-6-2-4-8-15(13)19(12)18(20)17-11-14-7-3-5-9-16(14)21-17/h2-9,11-12H,10H2,1H3/t12-/m0/s1. The second-order valence-electron chi connectivity index (χ2n) is 5.51. The molecule has 3 heteroatoms. The highest BCUT2D eigenvalue weighted by Gasteiger charge is 2.32.